The summed E-state index contributed by atoms with van der Waals surface area (Å²) < 4.78 is 16.4. The van der Waals surface area contributed by atoms with Gasteiger partial charge in [-0.1, -0.05) is 48.5 Å². The summed E-state index contributed by atoms with van der Waals surface area (Å²) in [5, 5.41) is 2.93. The first-order valence-corrected chi connectivity index (χ1v) is 9.46. The van der Waals surface area contributed by atoms with Crippen molar-refractivity contribution >= 4 is 5.91 Å². The van der Waals surface area contributed by atoms with Gasteiger partial charge in [-0.25, -0.2) is 0 Å². The van der Waals surface area contributed by atoms with Crippen LogP contribution in [0.3, 0.4) is 0 Å². The van der Waals surface area contributed by atoms with E-state index in [-0.39, 0.29) is 5.91 Å². The fourth-order valence-corrected chi connectivity index (χ4v) is 2.97. The van der Waals surface area contributed by atoms with Gasteiger partial charge in [0.05, 0.1) is 19.8 Å². The smallest absolute Gasteiger partial charge is 0.255 e. The number of nitrogens with one attached hydrogen (secondary N) is 1. The van der Waals surface area contributed by atoms with E-state index in [1.165, 1.54) is 7.11 Å². The van der Waals surface area contributed by atoms with Crippen molar-refractivity contribution < 1.29 is 19.0 Å². The van der Waals surface area contributed by atoms with Gasteiger partial charge in [0.15, 0.2) is 11.5 Å². The second-order valence-corrected chi connectivity index (χ2v) is 6.47. The molecule has 0 bridgehead atoms. The maximum Gasteiger partial charge on any atom is 0.255 e. The van der Waals surface area contributed by atoms with Gasteiger partial charge < -0.3 is 19.5 Å². The summed E-state index contributed by atoms with van der Waals surface area (Å²) in [7, 11) is 3.07. The number of ether oxygens (including phenoxy) is 3. The van der Waals surface area contributed by atoms with Gasteiger partial charge in [0.1, 0.15) is 12.4 Å². The Morgan fingerprint density at radius 3 is 2.28 bits per heavy atom. The Morgan fingerprint density at radius 2 is 1.59 bits per heavy atom. The maximum absolute atomic E-state index is 12.5. The third kappa shape index (κ3) is 5.51. The van der Waals surface area contributed by atoms with E-state index in [1.807, 2.05) is 54.6 Å². The van der Waals surface area contributed by atoms with E-state index in [4.69, 9.17) is 14.2 Å². The van der Waals surface area contributed by atoms with E-state index in [9.17, 15) is 4.79 Å². The van der Waals surface area contributed by atoms with Crippen LogP contribution in [0.2, 0.25) is 0 Å². The molecule has 0 aromatic heterocycles. The van der Waals surface area contributed by atoms with Crippen LogP contribution in [0.4, 0.5) is 0 Å². The Bertz CT molecular complexity index is 923. The molecule has 0 atom stereocenters. The molecule has 3 aromatic rings. The minimum atomic E-state index is -0.191. The van der Waals surface area contributed by atoms with Crippen LogP contribution < -0.4 is 19.5 Å². The molecular weight excluding hydrogens is 366 g/mol. The molecule has 0 heterocycles. The van der Waals surface area contributed by atoms with Crippen LogP contribution in [0.5, 0.6) is 17.2 Å². The van der Waals surface area contributed by atoms with Crippen LogP contribution in [-0.4, -0.2) is 26.7 Å². The van der Waals surface area contributed by atoms with Crippen LogP contribution >= 0.6 is 0 Å². The first-order valence-electron chi connectivity index (χ1n) is 9.46. The second kappa shape index (κ2) is 10.2. The number of methoxy groups -OCH3 is 2. The molecule has 3 aromatic carbocycles. The summed E-state index contributed by atoms with van der Waals surface area (Å²) in [5.41, 5.74) is 2.71. The molecule has 0 fully saturated rings. The molecular formula is C24H25NO4. The molecule has 0 aliphatic heterocycles. The molecule has 0 saturated heterocycles. The minimum absolute atomic E-state index is 0.191. The minimum Gasteiger partial charge on any atom is -0.493 e. The van der Waals surface area contributed by atoms with E-state index in [1.54, 1.807) is 25.3 Å². The average molecular weight is 391 g/mol. The molecule has 0 saturated carbocycles. The Balaban J connectivity index is 1.50. The van der Waals surface area contributed by atoms with Crippen molar-refractivity contribution in [3.05, 3.63) is 89.5 Å². The van der Waals surface area contributed by atoms with Crippen molar-refractivity contribution in [1.82, 2.24) is 5.32 Å². The highest BCUT2D eigenvalue weighted by Gasteiger charge is 2.15. The van der Waals surface area contributed by atoms with Gasteiger partial charge in [0.25, 0.3) is 5.91 Å². The summed E-state index contributed by atoms with van der Waals surface area (Å²) in [5.74, 6) is 1.60. The number of carbonyl (C=O) groups is 1. The highest BCUT2D eigenvalue weighted by Crippen LogP contribution is 2.30. The van der Waals surface area contributed by atoms with Crippen molar-refractivity contribution in [2.45, 2.75) is 13.0 Å². The molecule has 5 nitrogen and oxygen atoms in total. The van der Waals surface area contributed by atoms with Crippen molar-refractivity contribution in [2.75, 3.05) is 20.8 Å². The fraction of sp³-hybridized carbons (Fsp3) is 0.208. The SMILES string of the molecule is COc1cccc(C(=O)NCCc2ccc(OCc3ccccc3)cc2)c1OC. The second-order valence-electron chi connectivity index (χ2n) is 6.47. The third-order valence-corrected chi connectivity index (χ3v) is 4.52. The molecule has 0 unspecified atom stereocenters. The highest BCUT2D eigenvalue weighted by molar-refractivity contribution is 5.97. The molecule has 0 radical (unpaired) electrons. The van der Waals surface area contributed by atoms with Crippen LogP contribution in [-0.2, 0) is 13.0 Å². The largest absolute Gasteiger partial charge is 0.493 e. The van der Waals surface area contributed by atoms with E-state index >= 15 is 0 Å². The van der Waals surface area contributed by atoms with Crippen molar-refractivity contribution in [1.29, 1.82) is 0 Å². The quantitative estimate of drug-likeness (QED) is 0.592. The zero-order valence-electron chi connectivity index (χ0n) is 16.7. The van der Waals surface area contributed by atoms with Crippen LogP contribution in [0, 0.1) is 0 Å². The Hall–Kier alpha value is -3.47. The van der Waals surface area contributed by atoms with Crippen LogP contribution in [0.15, 0.2) is 72.8 Å². The molecule has 0 aliphatic carbocycles. The molecule has 1 N–H and O–H groups in total. The van der Waals surface area contributed by atoms with Crippen LogP contribution in [0.25, 0.3) is 0 Å². The number of hydrogen-bond donors (Lipinski definition) is 1. The van der Waals surface area contributed by atoms with Gasteiger partial charge in [-0.05, 0) is 41.8 Å². The summed E-state index contributed by atoms with van der Waals surface area (Å²) in [6, 6.07) is 23.2. The molecule has 0 spiro atoms. The normalized spacial score (nSPS) is 10.3. The predicted octanol–water partition coefficient (Wildman–Crippen LogP) is 4.26. The topological polar surface area (TPSA) is 56.8 Å². The molecule has 150 valence electrons. The Labute approximate surface area is 171 Å². The monoisotopic (exact) mass is 391 g/mol. The molecule has 5 heteroatoms. The molecule has 1 amide bonds. The maximum atomic E-state index is 12.5. The van der Waals surface area contributed by atoms with E-state index in [0.29, 0.717) is 30.2 Å². The number of benzene rings is 3. The number of para-hydroxylation sites is 1. The van der Waals surface area contributed by atoms with E-state index < -0.39 is 0 Å². The van der Waals surface area contributed by atoms with Gasteiger partial charge >= 0.3 is 0 Å². The third-order valence-electron chi connectivity index (χ3n) is 4.52. The first kappa shape index (κ1) is 20.3. The molecule has 0 aliphatic rings. The van der Waals surface area contributed by atoms with E-state index in [2.05, 4.69) is 5.32 Å². The van der Waals surface area contributed by atoms with Gasteiger partial charge in [-0.2, -0.15) is 0 Å². The lowest BCUT2D eigenvalue weighted by Gasteiger charge is -2.12. The predicted molar refractivity (Wildman–Crippen MR) is 113 cm³/mol. The number of rotatable bonds is 9. The zero-order chi connectivity index (χ0) is 20.5. The zero-order valence-corrected chi connectivity index (χ0v) is 16.7. The lowest BCUT2D eigenvalue weighted by atomic mass is 10.1. The first-order chi connectivity index (χ1) is 14.2. The lowest BCUT2D eigenvalue weighted by molar-refractivity contribution is 0.0950. The molecule has 29 heavy (non-hydrogen) atoms. The van der Waals surface area contributed by atoms with Gasteiger partial charge in [0, 0.05) is 6.54 Å². The number of amides is 1. The molecule has 3 rings (SSSR count). The Kier molecular flexibility index (Phi) is 7.11. The van der Waals surface area contributed by atoms with Crippen molar-refractivity contribution in [3.8, 4) is 17.2 Å². The van der Waals surface area contributed by atoms with Gasteiger partial charge in [-0.15, -0.1) is 0 Å². The summed E-state index contributed by atoms with van der Waals surface area (Å²) >= 11 is 0. The Morgan fingerprint density at radius 1 is 0.828 bits per heavy atom. The van der Waals surface area contributed by atoms with Gasteiger partial charge in [0.2, 0.25) is 0 Å². The summed E-state index contributed by atoms with van der Waals surface area (Å²) in [6.45, 7) is 1.06. The fourth-order valence-electron chi connectivity index (χ4n) is 2.97. The number of hydrogen-bond acceptors (Lipinski definition) is 4. The van der Waals surface area contributed by atoms with E-state index in [0.717, 1.165) is 23.3 Å². The van der Waals surface area contributed by atoms with Gasteiger partial charge in [-0.3, -0.25) is 4.79 Å². The average Bonchev–Trinajstić information content (AvgIpc) is 2.78. The standard InChI is InChI=1S/C24H25NO4/c1-27-22-10-6-9-21(23(22)28-2)24(26)25-16-15-18-11-13-20(14-12-18)29-17-19-7-4-3-5-8-19/h3-14H,15-17H2,1-2H3,(H,25,26). The lowest BCUT2D eigenvalue weighted by Crippen LogP contribution is -2.26. The van der Waals surface area contributed by atoms with Crippen LogP contribution in [0.1, 0.15) is 21.5 Å². The van der Waals surface area contributed by atoms with Crippen molar-refractivity contribution in [3.63, 3.8) is 0 Å². The highest BCUT2D eigenvalue weighted by atomic mass is 16.5. The summed E-state index contributed by atoms with van der Waals surface area (Å²) in [6.07, 6.45) is 0.719. The summed E-state index contributed by atoms with van der Waals surface area (Å²) in [4.78, 5) is 12.5. The van der Waals surface area contributed by atoms with Crippen molar-refractivity contribution in [2.24, 2.45) is 0 Å². The number of carbonyl (C=O) groups excluding carboxylic acids is 1.